The molecule has 0 aliphatic rings. The van der Waals surface area contributed by atoms with E-state index in [2.05, 4.69) is 4.99 Å². The number of rotatable bonds is 9. The predicted molar refractivity (Wildman–Crippen MR) is 94.9 cm³/mol. The van der Waals surface area contributed by atoms with Crippen molar-refractivity contribution in [2.45, 2.75) is 32.7 Å². The number of carboxylic acids is 1. The highest BCUT2D eigenvalue weighted by molar-refractivity contribution is 5.88. The number of nitrogens with two attached hydrogens (primary N) is 1. The third kappa shape index (κ3) is 7.99. The molecule has 0 aliphatic carbocycles. The number of ketones is 2. The van der Waals surface area contributed by atoms with Gasteiger partial charge in [0.15, 0.2) is 11.6 Å². The molecule has 132 valence electrons. The van der Waals surface area contributed by atoms with Gasteiger partial charge in [0, 0.05) is 12.6 Å². The molecule has 0 spiro atoms. The molecule has 7 heteroatoms. The van der Waals surface area contributed by atoms with Gasteiger partial charge in [0.1, 0.15) is 0 Å². The van der Waals surface area contributed by atoms with Crippen LogP contribution in [0.5, 0.6) is 0 Å². The van der Waals surface area contributed by atoms with E-state index < -0.39 is 17.9 Å². The second-order valence-electron chi connectivity index (χ2n) is 5.63. The number of hydrogen-bond acceptors (Lipinski definition) is 5. The van der Waals surface area contributed by atoms with Gasteiger partial charge in [-0.05, 0) is 24.5 Å². The van der Waals surface area contributed by atoms with Gasteiger partial charge in [-0.3, -0.25) is 19.4 Å². The fourth-order valence-corrected chi connectivity index (χ4v) is 1.93. The van der Waals surface area contributed by atoms with Gasteiger partial charge in [-0.25, -0.2) is 0 Å². The van der Waals surface area contributed by atoms with Crippen LogP contribution in [0.1, 0.15) is 31.4 Å². The molecule has 3 N–H and O–H groups in total. The van der Waals surface area contributed by atoms with E-state index in [1.54, 1.807) is 6.21 Å². The summed E-state index contributed by atoms with van der Waals surface area (Å²) in [4.78, 5) is 37.4. The monoisotopic (exact) mass is 354 g/mol. The van der Waals surface area contributed by atoms with Crippen molar-refractivity contribution in [2.75, 3.05) is 6.54 Å². The molecular weight excluding hydrogens is 332 g/mol. The average molecular weight is 355 g/mol. The first kappa shape index (κ1) is 21.9. The molecule has 1 rings (SSSR count). The minimum Gasteiger partial charge on any atom is -0.481 e. The minimum absolute atomic E-state index is 0. The van der Waals surface area contributed by atoms with Crippen LogP contribution in [0, 0.1) is 5.92 Å². The van der Waals surface area contributed by atoms with E-state index in [1.165, 1.54) is 13.8 Å². The maximum atomic E-state index is 11.9. The third-order valence-electron chi connectivity index (χ3n) is 3.33. The molecule has 24 heavy (non-hydrogen) atoms. The Hall–Kier alpha value is -2.05. The van der Waals surface area contributed by atoms with Gasteiger partial charge in [0.25, 0.3) is 0 Å². The van der Waals surface area contributed by atoms with Crippen LogP contribution >= 0.6 is 12.4 Å². The molecule has 0 saturated heterocycles. The van der Waals surface area contributed by atoms with Gasteiger partial charge in [-0.15, -0.1) is 12.4 Å². The van der Waals surface area contributed by atoms with Gasteiger partial charge in [0.2, 0.25) is 0 Å². The first-order valence-corrected chi connectivity index (χ1v) is 7.39. The van der Waals surface area contributed by atoms with Crippen LogP contribution in [0.2, 0.25) is 0 Å². The summed E-state index contributed by atoms with van der Waals surface area (Å²) in [6.07, 6.45) is 1.91. The van der Waals surface area contributed by atoms with Gasteiger partial charge in [-0.1, -0.05) is 31.2 Å². The molecule has 1 aromatic carbocycles. The maximum Gasteiger partial charge on any atom is 0.306 e. The lowest BCUT2D eigenvalue weighted by Crippen LogP contribution is -2.34. The fraction of sp³-hybridized carbons (Fsp3) is 0.412. The summed E-state index contributed by atoms with van der Waals surface area (Å²) >= 11 is 0. The van der Waals surface area contributed by atoms with E-state index in [0.29, 0.717) is 6.42 Å². The number of aliphatic carboxylic acids is 1. The fourth-order valence-electron chi connectivity index (χ4n) is 1.93. The molecule has 0 aliphatic heterocycles. The number of benzene rings is 1. The first-order chi connectivity index (χ1) is 10.8. The molecule has 0 heterocycles. The van der Waals surface area contributed by atoms with Crippen molar-refractivity contribution >= 4 is 36.2 Å². The summed E-state index contributed by atoms with van der Waals surface area (Å²) in [6.45, 7) is 3.12. The third-order valence-corrected chi connectivity index (χ3v) is 3.33. The second-order valence-corrected chi connectivity index (χ2v) is 5.63. The van der Waals surface area contributed by atoms with Crippen molar-refractivity contribution in [3.05, 3.63) is 35.4 Å². The summed E-state index contributed by atoms with van der Waals surface area (Å²) in [6, 6.07) is 6.62. The van der Waals surface area contributed by atoms with Crippen LogP contribution in [-0.4, -0.2) is 41.4 Å². The number of hydrogen-bond donors (Lipinski definition) is 2. The van der Waals surface area contributed by atoms with Crippen LogP contribution in [0.25, 0.3) is 0 Å². The molecule has 1 aromatic rings. The van der Waals surface area contributed by atoms with Crippen LogP contribution in [0.4, 0.5) is 0 Å². The highest BCUT2D eigenvalue weighted by Gasteiger charge is 2.20. The number of carbonyl (C=O) groups is 3. The molecule has 2 atom stereocenters. The molecule has 0 fully saturated rings. The Kier molecular flexibility index (Phi) is 9.76. The Balaban J connectivity index is 0.00000529. The predicted octanol–water partition coefficient (Wildman–Crippen LogP) is 1.67. The lowest BCUT2D eigenvalue weighted by molar-refractivity contribution is -0.143. The number of aliphatic imine (C=N–C) groups is 1. The quantitative estimate of drug-likeness (QED) is 0.655. The summed E-state index contributed by atoms with van der Waals surface area (Å²) in [7, 11) is 0. The lowest BCUT2D eigenvalue weighted by Gasteiger charge is -2.12. The van der Waals surface area contributed by atoms with Crippen molar-refractivity contribution < 1.29 is 19.5 Å². The molecule has 6 nitrogen and oxygen atoms in total. The van der Waals surface area contributed by atoms with E-state index in [4.69, 9.17) is 10.8 Å². The minimum atomic E-state index is -1.00. The molecule has 0 bridgehead atoms. The number of halogens is 1. The zero-order chi connectivity index (χ0) is 17.4. The number of Topliss-reactive ketones (excluding diaryl/α,β-unsaturated/α-hetero) is 2. The summed E-state index contributed by atoms with van der Waals surface area (Å²) in [5.41, 5.74) is 7.59. The van der Waals surface area contributed by atoms with E-state index >= 15 is 0 Å². The molecule has 0 saturated carbocycles. The molecule has 2 unspecified atom stereocenters. The molecule has 0 radical (unpaired) electrons. The smallest absolute Gasteiger partial charge is 0.306 e. The topological polar surface area (TPSA) is 110 Å². The van der Waals surface area contributed by atoms with Crippen LogP contribution in [-0.2, 0) is 20.8 Å². The molecule has 0 aromatic heterocycles. The summed E-state index contributed by atoms with van der Waals surface area (Å²) in [5, 5.41) is 8.81. The second kappa shape index (κ2) is 10.7. The Labute approximate surface area is 147 Å². The molecular formula is C17H23ClN2O4. The van der Waals surface area contributed by atoms with Crippen LogP contribution < -0.4 is 5.73 Å². The van der Waals surface area contributed by atoms with Crippen molar-refractivity contribution in [2.24, 2.45) is 16.6 Å². The average Bonchev–Trinajstić information content (AvgIpc) is 2.48. The summed E-state index contributed by atoms with van der Waals surface area (Å²) in [5.74, 6) is -1.99. The van der Waals surface area contributed by atoms with E-state index in [-0.39, 0.29) is 36.9 Å². The Morgan fingerprint density at radius 1 is 1.25 bits per heavy atom. The highest BCUT2D eigenvalue weighted by Crippen LogP contribution is 2.09. The SMILES string of the molecule is CC(=O)CN=Cc1ccc(CC(N)C(=O)CC(C)C(=O)O)cc1.Cl. The Bertz CT molecular complexity index is 599. The lowest BCUT2D eigenvalue weighted by atomic mass is 9.96. The zero-order valence-electron chi connectivity index (χ0n) is 13.8. The Morgan fingerprint density at radius 2 is 1.83 bits per heavy atom. The van der Waals surface area contributed by atoms with E-state index in [9.17, 15) is 14.4 Å². The molecule has 0 amide bonds. The van der Waals surface area contributed by atoms with Crippen LogP contribution in [0.15, 0.2) is 29.3 Å². The summed E-state index contributed by atoms with van der Waals surface area (Å²) < 4.78 is 0. The number of carboxylic acid groups (broad SMARTS) is 1. The van der Waals surface area contributed by atoms with Gasteiger partial charge in [0.05, 0.1) is 18.5 Å². The van der Waals surface area contributed by atoms with E-state index in [1.807, 2.05) is 24.3 Å². The Morgan fingerprint density at radius 3 is 2.33 bits per heavy atom. The van der Waals surface area contributed by atoms with Gasteiger partial charge < -0.3 is 10.8 Å². The van der Waals surface area contributed by atoms with Gasteiger partial charge in [-0.2, -0.15) is 0 Å². The van der Waals surface area contributed by atoms with Crippen molar-refractivity contribution in [1.29, 1.82) is 0 Å². The van der Waals surface area contributed by atoms with Crippen molar-refractivity contribution in [3.63, 3.8) is 0 Å². The van der Waals surface area contributed by atoms with Crippen LogP contribution in [0.3, 0.4) is 0 Å². The van der Waals surface area contributed by atoms with E-state index in [0.717, 1.165) is 11.1 Å². The largest absolute Gasteiger partial charge is 0.481 e. The standard InChI is InChI=1S/C17H22N2O4.ClH/c1-11(17(22)23)7-16(21)15(18)8-13-3-5-14(6-4-13)10-19-9-12(2)20;/h3-6,10-11,15H,7-9,18H2,1-2H3,(H,22,23);1H. The number of nitrogens with zero attached hydrogens (tertiary/aromatic N) is 1. The van der Waals surface area contributed by atoms with Crippen molar-refractivity contribution in [3.8, 4) is 0 Å². The zero-order valence-corrected chi connectivity index (χ0v) is 14.6. The number of carbonyl (C=O) groups excluding carboxylic acids is 2. The highest BCUT2D eigenvalue weighted by atomic mass is 35.5. The normalized spacial score (nSPS) is 13.1. The van der Waals surface area contributed by atoms with Gasteiger partial charge >= 0.3 is 5.97 Å². The first-order valence-electron chi connectivity index (χ1n) is 7.39. The maximum absolute atomic E-state index is 11.9. The van der Waals surface area contributed by atoms with Crippen molar-refractivity contribution in [1.82, 2.24) is 0 Å².